The summed E-state index contributed by atoms with van der Waals surface area (Å²) in [6, 6.07) is 3.44. The lowest BCUT2D eigenvalue weighted by Crippen LogP contribution is -2.17. The minimum absolute atomic E-state index is 0.0838. The molecule has 16 heavy (non-hydrogen) atoms. The van der Waals surface area contributed by atoms with Crippen molar-refractivity contribution in [2.75, 3.05) is 19.0 Å². The maximum Gasteiger partial charge on any atom is 0.224 e. The SMILES string of the molecule is COCC(C)CC(=O)Nc1cccnc1Cl. The number of nitrogens with zero attached hydrogens (tertiary/aromatic N) is 1. The van der Waals surface area contributed by atoms with Gasteiger partial charge in [0, 0.05) is 26.3 Å². The number of amides is 1. The number of methoxy groups -OCH3 is 1. The molecule has 0 bridgehead atoms. The molecule has 0 saturated heterocycles. The van der Waals surface area contributed by atoms with Crippen LogP contribution >= 0.6 is 11.6 Å². The van der Waals surface area contributed by atoms with Gasteiger partial charge in [-0.2, -0.15) is 0 Å². The Morgan fingerprint density at radius 1 is 1.69 bits per heavy atom. The molecule has 0 radical (unpaired) electrons. The molecule has 1 aromatic rings. The fraction of sp³-hybridized carbons (Fsp3) is 0.455. The Labute approximate surface area is 100.0 Å². The Kier molecular flexibility index (Phi) is 5.22. The predicted octanol–water partition coefficient (Wildman–Crippen LogP) is 2.35. The highest BCUT2D eigenvalue weighted by Gasteiger charge is 2.10. The molecule has 0 fully saturated rings. The number of halogens is 1. The number of nitrogens with one attached hydrogen (secondary N) is 1. The molecular weight excluding hydrogens is 228 g/mol. The van der Waals surface area contributed by atoms with Crippen LogP contribution in [0.4, 0.5) is 5.69 Å². The van der Waals surface area contributed by atoms with Crippen LogP contribution < -0.4 is 5.32 Å². The first kappa shape index (κ1) is 12.9. The van der Waals surface area contributed by atoms with E-state index in [2.05, 4.69) is 10.3 Å². The Morgan fingerprint density at radius 3 is 3.06 bits per heavy atom. The molecule has 1 aromatic heterocycles. The molecule has 0 saturated carbocycles. The maximum atomic E-state index is 11.6. The summed E-state index contributed by atoms with van der Waals surface area (Å²) in [7, 11) is 1.62. The standard InChI is InChI=1S/C11H15ClN2O2/c1-8(7-16-2)6-10(15)14-9-4-3-5-13-11(9)12/h3-5,8H,6-7H2,1-2H3,(H,14,15). The Balaban J connectivity index is 2.49. The van der Waals surface area contributed by atoms with E-state index < -0.39 is 0 Å². The summed E-state index contributed by atoms with van der Waals surface area (Å²) in [6.07, 6.45) is 1.98. The van der Waals surface area contributed by atoms with Gasteiger partial charge < -0.3 is 10.1 Å². The second-order valence-corrected chi connectivity index (χ2v) is 4.01. The molecule has 1 amide bonds. The van der Waals surface area contributed by atoms with Gasteiger partial charge in [-0.15, -0.1) is 0 Å². The minimum atomic E-state index is -0.0838. The molecule has 0 aromatic carbocycles. The molecule has 0 aliphatic carbocycles. The summed E-state index contributed by atoms with van der Waals surface area (Å²) in [4.78, 5) is 15.5. The van der Waals surface area contributed by atoms with Gasteiger partial charge in [0.15, 0.2) is 5.15 Å². The summed E-state index contributed by atoms with van der Waals surface area (Å²) < 4.78 is 4.96. The van der Waals surface area contributed by atoms with E-state index >= 15 is 0 Å². The molecule has 1 heterocycles. The Hall–Kier alpha value is -1.13. The molecule has 4 nitrogen and oxygen atoms in total. The van der Waals surface area contributed by atoms with E-state index in [9.17, 15) is 4.79 Å². The Bertz CT molecular complexity index is 358. The van der Waals surface area contributed by atoms with Gasteiger partial charge in [0.25, 0.3) is 0 Å². The zero-order chi connectivity index (χ0) is 12.0. The van der Waals surface area contributed by atoms with Crippen LogP contribution in [0.3, 0.4) is 0 Å². The number of hydrogen-bond acceptors (Lipinski definition) is 3. The number of pyridine rings is 1. The van der Waals surface area contributed by atoms with Crippen molar-refractivity contribution in [2.45, 2.75) is 13.3 Å². The van der Waals surface area contributed by atoms with Crippen molar-refractivity contribution in [3.8, 4) is 0 Å². The summed E-state index contributed by atoms with van der Waals surface area (Å²) in [5.41, 5.74) is 0.541. The van der Waals surface area contributed by atoms with E-state index in [0.29, 0.717) is 23.9 Å². The molecule has 0 spiro atoms. The molecule has 1 N–H and O–H groups in total. The van der Waals surface area contributed by atoms with Crippen LogP contribution in [0, 0.1) is 5.92 Å². The van der Waals surface area contributed by atoms with Crippen molar-refractivity contribution in [1.29, 1.82) is 0 Å². The van der Waals surface area contributed by atoms with E-state index in [1.807, 2.05) is 6.92 Å². The average molecular weight is 243 g/mol. The van der Waals surface area contributed by atoms with Crippen LogP contribution in [0.25, 0.3) is 0 Å². The summed E-state index contributed by atoms with van der Waals surface area (Å²) in [6.45, 7) is 2.52. The fourth-order valence-electron chi connectivity index (χ4n) is 1.34. The van der Waals surface area contributed by atoms with Gasteiger partial charge in [-0.05, 0) is 18.1 Å². The molecule has 5 heteroatoms. The summed E-state index contributed by atoms with van der Waals surface area (Å²) >= 11 is 5.82. The first-order valence-corrected chi connectivity index (χ1v) is 5.40. The highest BCUT2D eigenvalue weighted by atomic mass is 35.5. The quantitative estimate of drug-likeness (QED) is 0.807. The minimum Gasteiger partial charge on any atom is -0.384 e. The van der Waals surface area contributed by atoms with Gasteiger partial charge in [0.05, 0.1) is 5.69 Å². The van der Waals surface area contributed by atoms with Crippen LogP contribution in [0.15, 0.2) is 18.3 Å². The Morgan fingerprint density at radius 2 is 2.44 bits per heavy atom. The number of hydrogen-bond donors (Lipinski definition) is 1. The number of rotatable bonds is 5. The van der Waals surface area contributed by atoms with Gasteiger partial charge >= 0.3 is 0 Å². The average Bonchev–Trinajstić information content (AvgIpc) is 2.21. The lowest BCUT2D eigenvalue weighted by Gasteiger charge is -2.10. The lowest BCUT2D eigenvalue weighted by molar-refractivity contribution is -0.117. The van der Waals surface area contributed by atoms with Crippen molar-refractivity contribution < 1.29 is 9.53 Å². The van der Waals surface area contributed by atoms with Crippen LogP contribution in [-0.4, -0.2) is 24.6 Å². The molecule has 0 aliphatic heterocycles. The number of carbonyl (C=O) groups excluding carboxylic acids is 1. The monoisotopic (exact) mass is 242 g/mol. The molecule has 88 valence electrons. The highest BCUT2D eigenvalue weighted by molar-refractivity contribution is 6.32. The van der Waals surface area contributed by atoms with Gasteiger partial charge in [-0.3, -0.25) is 4.79 Å². The van der Waals surface area contributed by atoms with Crippen LogP contribution in [0.1, 0.15) is 13.3 Å². The van der Waals surface area contributed by atoms with Crippen molar-refractivity contribution >= 4 is 23.2 Å². The van der Waals surface area contributed by atoms with Gasteiger partial charge in [-0.25, -0.2) is 4.98 Å². The molecule has 0 aliphatic rings. The molecular formula is C11H15ClN2O2. The number of aromatic nitrogens is 1. The molecule has 1 rings (SSSR count). The number of anilines is 1. The van der Waals surface area contributed by atoms with E-state index in [-0.39, 0.29) is 11.8 Å². The summed E-state index contributed by atoms with van der Waals surface area (Å²) in [5, 5.41) is 3.01. The van der Waals surface area contributed by atoms with Crippen molar-refractivity contribution in [3.05, 3.63) is 23.5 Å². The van der Waals surface area contributed by atoms with E-state index in [4.69, 9.17) is 16.3 Å². The van der Waals surface area contributed by atoms with Crippen molar-refractivity contribution in [3.63, 3.8) is 0 Å². The highest BCUT2D eigenvalue weighted by Crippen LogP contribution is 2.18. The second kappa shape index (κ2) is 6.45. The first-order chi connectivity index (χ1) is 7.63. The normalized spacial score (nSPS) is 12.2. The van der Waals surface area contributed by atoms with E-state index in [1.54, 1.807) is 25.4 Å². The van der Waals surface area contributed by atoms with Crippen LogP contribution in [0.2, 0.25) is 5.15 Å². The number of carbonyl (C=O) groups is 1. The number of ether oxygens (including phenoxy) is 1. The van der Waals surface area contributed by atoms with Gasteiger partial charge in [0.1, 0.15) is 0 Å². The summed E-state index contributed by atoms with van der Waals surface area (Å²) in [5.74, 6) is 0.0971. The third-order valence-electron chi connectivity index (χ3n) is 2.02. The second-order valence-electron chi connectivity index (χ2n) is 3.65. The smallest absolute Gasteiger partial charge is 0.224 e. The van der Waals surface area contributed by atoms with Crippen molar-refractivity contribution in [2.24, 2.45) is 5.92 Å². The molecule has 1 atom stereocenters. The molecule has 1 unspecified atom stereocenters. The largest absolute Gasteiger partial charge is 0.384 e. The van der Waals surface area contributed by atoms with Crippen LogP contribution in [0.5, 0.6) is 0 Å². The van der Waals surface area contributed by atoms with Gasteiger partial charge in [-0.1, -0.05) is 18.5 Å². The topological polar surface area (TPSA) is 51.2 Å². The zero-order valence-electron chi connectivity index (χ0n) is 9.37. The third-order valence-corrected chi connectivity index (χ3v) is 2.32. The van der Waals surface area contributed by atoms with E-state index in [1.165, 1.54) is 0 Å². The van der Waals surface area contributed by atoms with Crippen molar-refractivity contribution in [1.82, 2.24) is 4.98 Å². The third kappa shape index (κ3) is 4.16. The zero-order valence-corrected chi connectivity index (χ0v) is 10.1. The first-order valence-electron chi connectivity index (χ1n) is 5.02. The fourth-order valence-corrected chi connectivity index (χ4v) is 1.51. The van der Waals surface area contributed by atoms with E-state index in [0.717, 1.165) is 0 Å². The maximum absolute atomic E-state index is 11.6. The van der Waals surface area contributed by atoms with Gasteiger partial charge in [0.2, 0.25) is 5.91 Å². The lowest BCUT2D eigenvalue weighted by atomic mass is 10.1. The predicted molar refractivity (Wildman–Crippen MR) is 63.5 cm³/mol. The van der Waals surface area contributed by atoms with Crippen LogP contribution in [-0.2, 0) is 9.53 Å².